The molecule has 2 N–H and O–H groups in total. The molecule has 0 aromatic rings. The first-order valence-corrected chi connectivity index (χ1v) is 2.82. The summed E-state index contributed by atoms with van der Waals surface area (Å²) >= 11 is 0. The highest BCUT2D eigenvalue weighted by molar-refractivity contribution is 5.96. The van der Waals surface area contributed by atoms with Gasteiger partial charge in [0.05, 0.1) is 19.1 Å². The van der Waals surface area contributed by atoms with E-state index in [1.54, 1.807) is 0 Å². The molecular formula is C5H7NO4. The summed E-state index contributed by atoms with van der Waals surface area (Å²) in [6.07, 6.45) is -1.14. The van der Waals surface area contributed by atoms with Crippen molar-refractivity contribution in [3.63, 3.8) is 0 Å². The molecule has 0 bridgehead atoms. The van der Waals surface area contributed by atoms with Gasteiger partial charge >= 0.3 is 6.09 Å². The van der Waals surface area contributed by atoms with Crippen molar-refractivity contribution in [2.24, 2.45) is 0 Å². The van der Waals surface area contributed by atoms with E-state index in [4.69, 9.17) is 10.2 Å². The molecule has 56 valence electrons. The van der Waals surface area contributed by atoms with Gasteiger partial charge in [-0.05, 0) is 0 Å². The van der Waals surface area contributed by atoms with Crippen molar-refractivity contribution < 1.29 is 19.8 Å². The Morgan fingerprint density at radius 3 is 2.60 bits per heavy atom. The van der Waals surface area contributed by atoms with Crippen molar-refractivity contribution in [2.75, 3.05) is 6.61 Å². The van der Waals surface area contributed by atoms with Crippen LogP contribution in [0.5, 0.6) is 0 Å². The summed E-state index contributed by atoms with van der Waals surface area (Å²) in [4.78, 5) is 21.3. The Labute approximate surface area is 56.9 Å². The van der Waals surface area contributed by atoms with Gasteiger partial charge < -0.3 is 10.2 Å². The Kier molecular flexibility index (Phi) is 1.58. The summed E-state index contributed by atoms with van der Waals surface area (Å²) in [5, 5.41) is 16.8. The summed E-state index contributed by atoms with van der Waals surface area (Å²) in [7, 11) is 0. The summed E-state index contributed by atoms with van der Waals surface area (Å²) in [5.74, 6) is -0.438. The maximum Gasteiger partial charge on any atom is 0.414 e. The molecule has 0 radical (unpaired) electrons. The zero-order chi connectivity index (χ0) is 7.72. The van der Waals surface area contributed by atoms with Crippen LogP contribution in [0.1, 0.15) is 6.42 Å². The van der Waals surface area contributed by atoms with E-state index in [0.29, 0.717) is 4.90 Å². The van der Waals surface area contributed by atoms with Crippen LogP contribution in [0.3, 0.4) is 0 Å². The van der Waals surface area contributed by atoms with Crippen LogP contribution in [0.4, 0.5) is 4.79 Å². The van der Waals surface area contributed by atoms with Crippen LogP contribution in [0.25, 0.3) is 0 Å². The fourth-order valence-electron chi connectivity index (χ4n) is 0.891. The van der Waals surface area contributed by atoms with Crippen LogP contribution in [0, 0.1) is 0 Å². The minimum Gasteiger partial charge on any atom is -0.465 e. The van der Waals surface area contributed by atoms with Crippen LogP contribution >= 0.6 is 0 Å². The minimum absolute atomic E-state index is 0.142. The summed E-state index contributed by atoms with van der Waals surface area (Å²) in [5.41, 5.74) is 0. The van der Waals surface area contributed by atoms with E-state index in [2.05, 4.69) is 0 Å². The van der Waals surface area contributed by atoms with Crippen LogP contribution in [0.2, 0.25) is 0 Å². The first kappa shape index (κ1) is 7.01. The van der Waals surface area contributed by atoms with Crippen molar-refractivity contribution in [1.29, 1.82) is 0 Å². The van der Waals surface area contributed by atoms with Gasteiger partial charge in [0.1, 0.15) is 0 Å². The van der Waals surface area contributed by atoms with E-state index in [9.17, 15) is 9.59 Å². The predicted molar refractivity (Wildman–Crippen MR) is 30.4 cm³/mol. The van der Waals surface area contributed by atoms with Crippen LogP contribution < -0.4 is 0 Å². The monoisotopic (exact) mass is 145 g/mol. The Morgan fingerprint density at radius 2 is 2.40 bits per heavy atom. The molecule has 1 heterocycles. The largest absolute Gasteiger partial charge is 0.465 e. The highest BCUT2D eigenvalue weighted by Crippen LogP contribution is 2.17. The smallest absolute Gasteiger partial charge is 0.414 e. The third-order valence-electron chi connectivity index (χ3n) is 1.46. The van der Waals surface area contributed by atoms with Gasteiger partial charge in [-0.15, -0.1) is 0 Å². The average molecular weight is 145 g/mol. The zero-order valence-corrected chi connectivity index (χ0v) is 5.15. The molecule has 1 aliphatic heterocycles. The van der Waals surface area contributed by atoms with Gasteiger partial charge in [-0.25, -0.2) is 9.69 Å². The van der Waals surface area contributed by atoms with Gasteiger partial charge in [0.15, 0.2) is 0 Å². The van der Waals surface area contributed by atoms with Gasteiger partial charge in [-0.1, -0.05) is 0 Å². The number of aliphatic hydroxyl groups is 1. The molecule has 0 saturated carbocycles. The normalized spacial score (nSPS) is 24.3. The number of carbonyl (C=O) groups is 2. The zero-order valence-electron chi connectivity index (χ0n) is 5.15. The number of hydrogen-bond acceptors (Lipinski definition) is 3. The lowest BCUT2D eigenvalue weighted by atomic mass is 10.0. The molecule has 0 unspecified atom stereocenters. The molecule has 5 nitrogen and oxygen atoms in total. The first-order valence-electron chi connectivity index (χ1n) is 2.82. The third kappa shape index (κ3) is 0.841. The molecule has 0 spiro atoms. The minimum atomic E-state index is -1.28. The van der Waals surface area contributed by atoms with E-state index in [1.165, 1.54) is 0 Å². The quantitative estimate of drug-likeness (QED) is 0.476. The number of aliphatic hydroxyl groups excluding tert-OH is 1. The predicted octanol–water partition coefficient (Wildman–Crippen LogP) is -0.742. The molecule has 2 amide bonds. The second-order valence-corrected chi connectivity index (χ2v) is 2.09. The first-order chi connectivity index (χ1) is 4.66. The number of amides is 2. The Hall–Kier alpha value is -1.10. The van der Waals surface area contributed by atoms with Gasteiger partial charge in [0, 0.05) is 0 Å². The Balaban J connectivity index is 2.56. The topological polar surface area (TPSA) is 77.8 Å². The van der Waals surface area contributed by atoms with E-state index < -0.39 is 18.0 Å². The second kappa shape index (κ2) is 2.26. The second-order valence-electron chi connectivity index (χ2n) is 2.09. The lowest BCUT2D eigenvalue weighted by Gasteiger charge is -2.34. The maximum absolute atomic E-state index is 10.5. The van der Waals surface area contributed by atoms with Gasteiger partial charge in [0.25, 0.3) is 0 Å². The molecule has 0 aliphatic carbocycles. The Bertz CT molecular complexity index is 170. The fourth-order valence-corrected chi connectivity index (χ4v) is 0.891. The molecule has 1 aliphatic rings. The van der Waals surface area contributed by atoms with Crippen molar-refractivity contribution in [3.05, 3.63) is 0 Å². The number of carbonyl (C=O) groups excluding carboxylic acids is 1. The van der Waals surface area contributed by atoms with Crippen molar-refractivity contribution >= 4 is 12.0 Å². The van der Waals surface area contributed by atoms with Crippen LogP contribution in [-0.4, -0.2) is 39.8 Å². The van der Waals surface area contributed by atoms with E-state index >= 15 is 0 Å². The van der Waals surface area contributed by atoms with Crippen molar-refractivity contribution in [1.82, 2.24) is 4.90 Å². The molecule has 10 heavy (non-hydrogen) atoms. The summed E-state index contributed by atoms with van der Waals surface area (Å²) in [6.45, 7) is -0.280. The van der Waals surface area contributed by atoms with Crippen molar-refractivity contribution in [3.8, 4) is 0 Å². The fraction of sp³-hybridized carbons (Fsp3) is 0.600. The summed E-state index contributed by atoms with van der Waals surface area (Å²) < 4.78 is 0. The molecule has 1 saturated heterocycles. The highest BCUT2D eigenvalue weighted by atomic mass is 16.4. The maximum atomic E-state index is 10.5. The molecule has 1 fully saturated rings. The van der Waals surface area contributed by atoms with Gasteiger partial charge in [-0.2, -0.15) is 0 Å². The lowest BCUT2D eigenvalue weighted by Crippen LogP contribution is -2.56. The van der Waals surface area contributed by atoms with Crippen LogP contribution in [-0.2, 0) is 4.79 Å². The SMILES string of the molecule is O=C(O)N1C(=O)C[C@@H]1CO. The molecular weight excluding hydrogens is 138 g/mol. The summed E-state index contributed by atoms with van der Waals surface area (Å²) in [6, 6.07) is -0.509. The number of rotatable bonds is 1. The molecule has 0 aromatic heterocycles. The molecule has 1 rings (SSSR count). The average Bonchev–Trinajstić information content (AvgIpc) is 1.80. The molecule has 0 aromatic carbocycles. The van der Waals surface area contributed by atoms with Gasteiger partial charge in [-0.3, -0.25) is 4.79 Å². The van der Waals surface area contributed by atoms with E-state index in [0.717, 1.165) is 0 Å². The third-order valence-corrected chi connectivity index (χ3v) is 1.46. The number of β-lactam (4-membered cyclic amide) rings is 1. The lowest BCUT2D eigenvalue weighted by molar-refractivity contribution is -0.143. The van der Waals surface area contributed by atoms with Gasteiger partial charge in [0.2, 0.25) is 5.91 Å². The van der Waals surface area contributed by atoms with Crippen molar-refractivity contribution in [2.45, 2.75) is 12.5 Å². The number of likely N-dealkylation sites (tertiary alicyclic amines) is 1. The Morgan fingerprint density at radius 1 is 1.80 bits per heavy atom. The van der Waals surface area contributed by atoms with E-state index in [1.807, 2.05) is 0 Å². The molecule has 1 atom stereocenters. The molecule has 5 heteroatoms. The number of nitrogens with zero attached hydrogens (tertiary/aromatic N) is 1. The number of carboxylic acid groups (broad SMARTS) is 1. The van der Waals surface area contributed by atoms with E-state index in [-0.39, 0.29) is 13.0 Å². The van der Waals surface area contributed by atoms with Crippen LogP contribution in [0.15, 0.2) is 0 Å². The standard InChI is InChI=1S/C5H7NO4/c7-2-3-1-4(8)6(3)5(9)10/h3,7H,1-2H2,(H,9,10)/t3-/m1/s1. The number of hydrogen-bond donors (Lipinski definition) is 2. The highest BCUT2D eigenvalue weighted by Gasteiger charge is 2.40. The number of imide groups is 1.